The number of benzene rings is 3. The number of hydrogen-bond donors (Lipinski definition) is 0. The minimum absolute atomic E-state index is 0.134. The molecule has 0 unspecified atom stereocenters. The summed E-state index contributed by atoms with van der Waals surface area (Å²) in [4.78, 5) is 30.9. The molecule has 0 N–H and O–H groups in total. The first kappa shape index (κ1) is 20.0. The fourth-order valence-electron chi connectivity index (χ4n) is 3.64. The van der Waals surface area contributed by atoms with E-state index in [2.05, 4.69) is 10.1 Å². The van der Waals surface area contributed by atoms with Gasteiger partial charge in [0.15, 0.2) is 17.3 Å². The number of rotatable bonds is 5. The Kier molecular flexibility index (Phi) is 4.95. The number of halogens is 1. The molecule has 5 rings (SSSR count). The molecule has 8 heteroatoms. The number of para-hydroxylation sites is 1. The number of fused-ring (bicyclic) bond motifs is 3. The maximum Gasteiger partial charge on any atom is 0.351 e. The van der Waals surface area contributed by atoms with Gasteiger partial charge in [0.2, 0.25) is 0 Å². The summed E-state index contributed by atoms with van der Waals surface area (Å²) in [5, 5.41) is 5.71. The second-order valence-electron chi connectivity index (χ2n) is 7.22. The van der Waals surface area contributed by atoms with Crippen LogP contribution >= 0.6 is 11.6 Å². The molecule has 0 saturated carbocycles. The van der Waals surface area contributed by atoms with Crippen LogP contribution in [0.1, 0.15) is 10.4 Å². The third-order valence-corrected chi connectivity index (χ3v) is 5.50. The lowest BCUT2D eigenvalue weighted by Gasteiger charge is -2.10. The fourth-order valence-corrected chi connectivity index (χ4v) is 3.77. The normalized spacial score (nSPS) is 11.2. The minimum Gasteiger partial charge on any atom is -0.497 e. The molecule has 158 valence electrons. The van der Waals surface area contributed by atoms with Crippen LogP contribution in [0.25, 0.3) is 27.9 Å². The number of ketones is 1. The van der Waals surface area contributed by atoms with Gasteiger partial charge in [-0.2, -0.15) is 4.52 Å². The number of carbonyl (C=O) groups is 1. The number of hydrogen-bond acceptors (Lipinski definition) is 5. The first-order valence-electron chi connectivity index (χ1n) is 9.86. The molecular formula is C24H17ClN4O3. The highest BCUT2D eigenvalue weighted by Gasteiger charge is 2.18. The monoisotopic (exact) mass is 444 g/mol. The van der Waals surface area contributed by atoms with Crippen molar-refractivity contribution >= 4 is 33.9 Å². The van der Waals surface area contributed by atoms with Gasteiger partial charge >= 0.3 is 5.69 Å². The number of carbonyl (C=O) groups excluding carboxylic acids is 1. The molecule has 0 bridgehead atoms. The van der Waals surface area contributed by atoms with E-state index >= 15 is 0 Å². The van der Waals surface area contributed by atoms with Gasteiger partial charge in [-0.05, 0) is 48.5 Å². The lowest BCUT2D eigenvalue weighted by Crippen LogP contribution is -2.30. The predicted molar refractivity (Wildman–Crippen MR) is 123 cm³/mol. The molecule has 5 aromatic rings. The Bertz CT molecular complexity index is 1540. The van der Waals surface area contributed by atoms with Crippen molar-refractivity contribution in [2.75, 3.05) is 7.11 Å². The summed E-state index contributed by atoms with van der Waals surface area (Å²) in [6.07, 6.45) is 0. The topological polar surface area (TPSA) is 78.5 Å². The zero-order valence-electron chi connectivity index (χ0n) is 17.0. The highest BCUT2D eigenvalue weighted by atomic mass is 35.5. The first-order chi connectivity index (χ1) is 15.5. The molecule has 0 saturated heterocycles. The van der Waals surface area contributed by atoms with E-state index in [0.717, 1.165) is 10.9 Å². The second-order valence-corrected chi connectivity index (χ2v) is 7.66. The van der Waals surface area contributed by atoms with Crippen molar-refractivity contribution in [2.45, 2.75) is 6.54 Å². The molecule has 7 nitrogen and oxygen atoms in total. The molecule has 0 amide bonds. The summed E-state index contributed by atoms with van der Waals surface area (Å²) in [6, 6.07) is 21.2. The Morgan fingerprint density at radius 1 is 1.03 bits per heavy atom. The Hall–Kier alpha value is -3.97. The van der Waals surface area contributed by atoms with Gasteiger partial charge in [0.1, 0.15) is 5.75 Å². The van der Waals surface area contributed by atoms with E-state index in [1.807, 2.05) is 36.4 Å². The van der Waals surface area contributed by atoms with Gasteiger partial charge in [-0.3, -0.25) is 9.36 Å². The van der Waals surface area contributed by atoms with Gasteiger partial charge < -0.3 is 4.74 Å². The first-order valence-corrected chi connectivity index (χ1v) is 10.2. The number of Topliss-reactive ketones (excluding diaryl/α,β-unsaturated/α-hetero) is 1. The minimum atomic E-state index is -0.442. The van der Waals surface area contributed by atoms with Crippen LogP contribution in [0.2, 0.25) is 5.02 Å². The molecule has 2 aromatic heterocycles. The predicted octanol–water partition coefficient (Wildman–Crippen LogP) is 4.26. The van der Waals surface area contributed by atoms with Crippen LogP contribution in [0.5, 0.6) is 5.75 Å². The third-order valence-electron chi connectivity index (χ3n) is 5.25. The standard InChI is InChI=1S/C24H17ClN4O3/c1-32-18-6-4-5-16(13-18)22-26-23-19-7-2-3-8-20(19)28(24(31)29(23)27-22)14-21(30)15-9-11-17(25)12-10-15/h2-13H,14H2,1H3. The van der Waals surface area contributed by atoms with E-state index < -0.39 is 5.69 Å². The van der Waals surface area contributed by atoms with E-state index in [9.17, 15) is 9.59 Å². The molecule has 0 spiro atoms. The summed E-state index contributed by atoms with van der Waals surface area (Å²) in [5.74, 6) is 0.853. The fraction of sp³-hybridized carbons (Fsp3) is 0.0833. The average molecular weight is 445 g/mol. The molecule has 0 radical (unpaired) electrons. The lowest BCUT2D eigenvalue weighted by atomic mass is 10.1. The van der Waals surface area contributed by atoms with Crippen molar-refractivity contribution in [3.05, 3.63) is 93.9 Å². The summed E-state index contributed by atoms with van der Waals surface area (Å²) in [7, 11) is 1.58. The number of aromatic nitrogens is 4. The summed E-state index contributed by atoms with van der Waals surface area (Å²) in [5.41, 5.74) is 1.79. The number of ether oxygens (including phenoxy) is 1. The van der Waals surface area contributed by atoms with Gasteiger partial charge in [-0.15, -0.1) is 5.10 Å². The average Bonchev–Trinajstić information content (AvgIpc) is 3.28. The zero-order chi connectivity index (χ0) is 22.2. The Morgan fingerprint density at radius 3 is 2.59 bits per heavy atom. The van der Waals surface area contributed by atoms with Crippen molar-refractivity contribution in [1.82, 2.24) is 19.2 Å². The van der Waals surface area contributed by atoms with Gasteiger partial charge in [0.25, 0.3) is 0 Å². The van der Waals surface area contributed by atoms with E-state index in [1.54, 1.807) is 43.5 Å². The molecular weight excluding hydrogens is 428 g/mol. The van der Waals surface area contributed by atoms with Crippen LogP contribution in [-0.4, -0.2) is 32.1 Å². The zero-order valence-corrected chi connectivity index (χ0v) is 17.8. The highest BCUT2D eigenvalue weighted by molar-refractivity contribution is 6.30. The Balaban J connectivity index is 1.68. The Labute approximate surface area is 187 Å². The van der Waals surface area contributed by atoms with Crippen molar-refractivity contribution in [3.63, 3.8) is 0 Å². The van der Waals surface area contributed by atoms with E-state index in [1.165, 1.54) is 9.08 Å². The number of nitrogens with zero attached hydrogens (tertiary/aromatic N) is 4. The van der Waals surface area contributed by atoms with Crippen LogP contribution in [-0.2, 0) is 6.54 Å². The van der Waals surface area contributed by atoms with Crippen molar-refractivity contribution in [2.24, 2.45) is 0 Å². The molecule has 32 heavy (non-hydrogen) atoms. The summed E-state index contributed by atoms with van der Waals surface area (Å²) in [6.45, 7) is -0.134. The van der Waals surface area contributed by atoms with Crippen molar-refractivity contribution in [3.8, 4) is 17.1 Å². The molecule has 0 aliphatic heterocycles. The van der Waals surface area contributed by atoms with Crippen LogP contribution in [0.3, 0.4) is 0 Å². The summed E-state index contributed by atoms with van der Waals surface area (Å²) < 4.78 is 7.94. The van der Waals surface area contributed by atoms with Gasteiger partial charge in [0, 0.05) is 21.5 Å². The summed E-state index contributed by atoms with van der Waals surface area (Å²) >= 11 is 5.92. The molecule has 0 aliphatic rings. The van der Waals surface area contributed by atoms with Crippen LogP contribution < -0.4 is 10.4 Å². The highest BCUT2D eigenvalue weighted by Crippen LogP contribution is 2.24. The van der Waals surface area contributed by atoms with Gasteiger partial charge in [0.05, 0.1) is 19.2 Å². The van der Waals surface area contributed by atoms with E-state index in [4.69, 9.17) is 16.3 Å². The smallest absolute Gasteiger partial charge is 0.351 e. The van der Waals surface area contributed by atoms with Crippen LogP contribution in [0.4, 0.5) is 0 Å². The van der Waals surface area contributed by atoms with Crippen LogP contribution in [0, 0.1) is 0 Å². The molecule has 2 heterocycles. The van der Waals surface area contributed by atoms with E-state index in [0.29, 0.717) is 33.3 Å². The maximum atomic E-state index is 13.4. The molecule has 0 fully saturated rings. The maximum absolute atomic E-state index is 13.4. The largest absolute Gasteiger partial charge is 0.497 e. The molecule has 0 atom stereocenters. The number of methoxy groups -OCH3 is 1. The SMILES string of the molecule is COc1cccc(-c2nc3c4ccccc4n(CC(=O)c4ccc(Cl)cc4)c(=O)n3n2)c1. The van der Waals surface area contributed by atoms with Crippen LogP contribution in [0.15, 0.2) is 77.6 Å². The van der Waals surface area contributed by atoms with E-state index in [-0.39, 0.29) is 12.3 Å². The molecule has 0 aliphatic carbocycles. The van der Waals surface area contributed by atoms with Crippen molar-refractivity contribution < 1.29 is 9.53 Å². The van der Waals surface area contributed by atoms with Gasteiger partial charge in [-0.25, -0.2) is 9.78 Å². The Morgan fingerprint density at radius 2 is 1.81 bits per heavy atom. The third kappa shape index (κ3) is 3.42. The van der Waals surface area contributed by atoms with Crippen molar-refractivity contribution in [1.29, 1.82) is 0 Å². The lowest BCUT2D eigenvalue weighted by molar-refractivity contribution is 0.0971. The second kappa shape index (κ2) is 7.94. The quantitative estimate of drug-likeness (QED) is 0.378. The molecule has 3 aromatic carbocycles. The van der Waals surface area contributed by atoms with Gasteiger partial charge in [-0.1, -0.05) is 35.9 Å².